The molecule has 2 aromatic rings. The van der Waals surface area contributed by atoms with Gasteiger partial charge < -0.3 is 9.84 Å². The Kier molecular flexibility index (Phi) is 5.17. The van der Waals surface area contributed by atoms with Crippen LogP contribution in [-0.4, -0.2) is 29.1 Å². The summed E-state index contributed by atoms with van der Waals surface area (Å²) in [7, 11) is 0. The van der Waals surface area contributed by atoms with Crippen molar-refractivity contribution in [2.75, 3.05) is 18.4 Å². The van der Waals surface area contributed by atoms with Crippen LogP contribution in [0.2, 0.25) is 4.34 Å². The van der Waals surface area contributed by atoms with E-state index in [0.717, 1.165) is 15.8 Å². The number of aryl methyl sites for hydroxylation is 1. The molecule has 2 rings (SSSR count). The number of hydrogen-bond donors (Lipinski definition) is 1. The number of amides is 1. The van der Waals surface area contributed by atoms with Crippen LogP contribution in [-0.2, 0) is 11.3 Å². The van der Waals surface area contributed by atoms with E-state index in [1.807, 2.05) is 24.0 Å². The molecule has 20 heavy (non-hydrogen) atoms. The summed E-state index contributed by atoms with van der Waals surface area (Å²) in [5, 5.41) is 6.45. The number of rotatable bonds is 6. The fraction of sp³-hybridized carbons (Fsp3) is 0.385. The molecule has 108 valence electrons. The molecule has 2 aromatic heterocycles. The molecule has 1 N–H and O–H groups in total. The molecule has 7 heteroatoms. The van der Waals surface area contributed by atoms with Crippen LogP contribution < -0.4 is 5.32 Å². The second-order valence-electron chi connectivity index (χ2n) is 4.38. The van der Waals surface area contributed by atoms with Gasteiger partial charge in [-0.25, -0.2) is 0 Å². The van der Waals surface area contributed by atoms with Gasteiger partial charge in [-0.3, -0.25) is 9.69 Å². The molecule has 0 unspecified atom stereocenters. The Hall–Kier alpha value is -1.37. The predicted molar refractivity (Wildman–Crippen MR) is 80.1 cm³/mol. The van der Waals surface area contributed by atoms with Crippen LogP contribution in [0, 0.1) is 6.92 Å². The highest BCUT2D eigenvalue weighted by molar-refractivity contribution is 7.16. The number of likely N-dealkylation sites (N-methyl/N-ethyl adjacent to an activating group) is 1. The van der Waals surface area contributed by atoms with Gasteiger partial charge in [-0.05, 0) is 25.6 Å². The average molecular weight is 314 g/mol. The molecule has 0 saturated heterocycles. The van der Waals surface area contributed by atoms with Gasteiger partial charge in [0.2, 0.25) is 5.91 Å². The lowest BCUT2D eigenvalue weighted by molar-refractivity contribution is -0.117. The molecule has 2 heterocycles. The third-order valence-corrected chi connectivity index (χ3v) is 3.93. The zero-order chi connectivity index (χ0) is 14.5. The van der Waals surface area contributed by atoms with Gasteiger partial charge in [-0.15, -0.1) is 11.3 Å². The van der Waals surface area contributed by atoms with Crippen LogP contribution in [0.3, 0.4) is 0 Å². The Balaban J connectivity index is 1.87. The van der Waals surface area contributed by atoms with Crippen LogP contribution in [0.4, 0.5) is 5.82 Å². The first kappa shape index (κ1) is 15.0. The zero-order valence-electron chi connectivity index (χ0n) is 11.4. The highest BCUT2D eigenvalue weighted by Gasteiger charge is 2.12. The lowest BCUT2D eigenvalue weighted by atomic mass is 10.4. The summed E-state index contributed by atoms with van der Waals surface area (Å²) in [4.78, 5) is 15.1. The van der Waals surface area contributed by atoms with E-state index >= 15 is 0 Å². The standard InChI is InChI=1S/C13H16ClN3O2S/c1-3-17(7-10-4-5-11(14)20-10)8-13(18)15-12-6-9(2)19-16-12/h4-6H,3,7-8H2,1-2H3,(H,15,16,18). The molecule has 0 aliphatic heterocycles. The van der Waals surface area contributed by atoms with E-state index in [1.165, 1.54) is 11.3 Å². The van der Waals surface area contributed by atoms with Crippen LogP contribution in [0.1, 0.15) is 17.6 Å². The number of halogens is 1. The number of hydrogen-bond acceptors (Lipinski definition) is 5. The van der Waals surface area contributed by atoms with E-state index in [9.17, 15) is 4.79 Å². The molecule has 1 amide bonds. The first-order chi connectivity index (χ1) is 9.56. The van der Waals surface area contributed by atoms with Crippen LogP contribution >= 0.6 is 22.9 Å². The minimum absolute atomic E-state index is 0.109. The zero-order valence-corrected chi connectivity index (χ0v) is 12.9. The van der Waals surface area contributed by atoms with Gasteiger partial charge in [0.15, 0.2) is 5.82 Å². The number of carbonyl (C=O) groups excluding carboxylic acids is 1. The Labute approximate surface area is 126 Å². The molecule has 0 aromatic carbocycles. The molecular formula is C13H16ClN3O2S. The van der Waals surface area contributed by atoms with Crippen molar-refractivity contribution in [1.82, 2.24) is 10.1 Å². The SMILES string of the molecule is CCN(CC(=O)Nc1cc(C)on1)Cc1ccc(Cl)s1. The number of nitrogens with zero attached hydrogens (tertiary/aromatic N) is 2. The summed E-state index contributed by atoms with van der Waals surface area (Å²) < 4.78 is 5.67. The summed E-state index contributed by atoms with van der Waals surface area (Å²) in [6.45, 7) is 5.59. The number of thiophene rings is 1. The van der Waals surface area contributed by atoms with Crippen molar-refractivity contribution < 1.29 is 9.32 Å². The van der Waals surface area contributed by atoms with Gasteiger partial charge in [-0.1, -0.05) is 23.7 Å². The van der Waals surface area contributed by atoms with Crippen molar-refractivity contribution in [1.29, 1.82) is 0 Å². The third kappa shape index (κ3) is 4.33. The monoisotopic (exact) mass is 313 g/mol. The lowest BCUT2D eigenvalue weighted by Crippen LogP contribution is -2.32. The van der Waals surface area contributed by atoms with Gasteiger partial charge in [0.25, 0.3) is 0 Å². The smallest absolute Gasteiger partial charge is 0.239 e. The second-order valence-corrected chi connectivity index (χ2v) is 6.18. The number of aromatic nitrogens is 1. The molecule has 0 spiro atoms. The summed E-state index contributed by atoms with van der Waals surface area (Å²) in [6.07, 6.45) is 0. The summed E-state index contributed by atoms with van der Waals surface area (Å²) >= 11 is 7.44. The lowest BCUT2D eigenvalue weighted by Gasteiger charge is -2.18. The van der Waals surface area contributed by atoms with E-state index in [1.54, 1.807) is 13.0 Å². The molecule has 0 saturated carbocycles. The summed E-state index contributed by atoms with van der Waals surface area (Å²) in [6, 6.07) is 5.54. The van der Waals surface area contributed by atoms with Crippen molar-refractivity contribution in [3.63, 3.8) is 0 Å². The molecule has 0 fully saturated rings. The third-order valence-electron chi connectivity index (χ3n) is 2.72. The summed E-state index contributed by atoms with van der Waals surface area (Å²) in [5.74, 6) is 1.01. The van der Waals surface area contributed by atoms with E-state index in [2.05, 4.69) is 10.5 Å². The molecular weight excluding hydrogens is 298 g/mol. The topological polar surface area (TPSA) is 58.4 Å². The van der Waals surface area contributed by atoms with Gasteiger partial charge >= 0.3 is 0 Å². The maximum Gasteiger partial charge on any atom is 0.239 e. The van der Waals surface area contributed by atoms with Crippen molar-refractivity contribution >= 4 is 34.7 Å². The summed E-state index contributed by atoms with van der Waals surface area (Å²) in [5.41, 5.74) is 0. The fourth-order valence-electron chi connectivity index (χ4n) is 1.75. The first-order valence-electron chi connectivity index (χ1n) is 6.26. The average Bonchev–Trinajstić information content (AvgIpc) is 2.97. The Bertz CT molecular complexity index is 582. The van der Waals surface area contributed by atoms with Crippen LogP contribution in [0.15, 0.2) is 22.7 Å². The Morgan fingerprint density at radius 1 is 1.55 bits per heavy atom. The Morgan fingerprint density at radius 3 is 2.90 bits per heavy atom. The van der Waals surface area contributed by atoms with Crippen molar-refractivity contribution in [3.8, 4) is 0 Å². The quantitative estimate of drug-likeness (QED) is 0.890. The molecule has 0 atom stereocenters. The van der Waals surface area contributed by atoms with E-state index in [0.29, 0.717) is 24.7 Å². The Morgan fingerprint density at radius 2 is 2.35 bits per heavy atom. The maximum absolute atomic E-state index is 11.9. The maximum atomic E-state index is 11.9. The van der Waals surface area contributed by atoms with Crippen LogP contribution in [0.25, 0.3) is 0 Å². The van der Waals surface area contributed by atoms with E-state index < -0.39 is 0 Å². The molecule has 0 bridgehead atoms. The number of nitrogens with one attached hydrogen (secondary N) is 1. The van der Waals surface area contributed by atoms with Gasteiger partial charge in [0, 0.05) is 17.5 Å². The normalized spacial score (nSPS) is 11.0. The molecule has 0 aliphatic rings. The predicted octanol–water partition coefficient (Wildman–Crippen LogP) is 3.16. The van der Waals surface area contributed by atoms with Gasteiger partial charge in [0.1, 0.15) is 5.76 Å². The van der Waals surface area contributed by atoms with E-state index in [-0.39, 0.29) is 5.91 Å². The van der Waals surface area contributed by atoms with E-state index in [4.69, 9.17) is 16.1 Å². The van der Waals surface area contributed by atoms with Crippen molar-refractivity contribution in [2.24, 2.45) is 0 Å². The first-order valence-corrected chi connectivity index (χ1v) is 7.46. The van der Waals surface area contributed by atoms with Gasteiger partial charge in [-0.2, -0.15) is 0 Å². The van der Waals surface area contributed by atoms with Crippen molar-refractivity contribution in [3.05, 3.63) is 33.2 Å². The number of anilines is 1. The molecule has 5 nitrogen and oxygen atoms in total. The largest absolute Gasteiger partial charge is 0.360 e. The van der Waals surface area contributed by atoms with Crippen molar-refractivity contribution in [2.45, 2.75) is 20.4 Å². The minimum atomic E-state index is -0.109. The molecule has 0 aliphatic carbocycles. The van der Waals surface area contributed by atoms with Gasteiger partial charge in [0.05, 0.1) is 10.9 Å². The highest BCUT2D eigenvalue weighted by Crippen LogP contribution is 2.22. The van der Waals surface area contributed by atoms with Crippen LogP contribution in [0.5, 0.6) is 0 Å². The number of carbonyl (C=O) groups is 1. The minimum Gasteiger partial charge on any atom is -0.360 e. The molecule has 0 radical (unpaired) electrons. The highest BCUT2D eigenvalue weighted by atomic mass is 35.5. The second kappa shape index (κ2) is 6.88. The fourth-order valence-corrected chi connectivity index (χ4v) is 2.88.